The Labute approximate surface area is 108 Å². The number of benzene rings is 2. The van der Waals surface area contributed by atoms with E-state index in [-0.39, 0.29) is 0 Å². The maximum atomic E-state index is 11.4. The number of carbonyl (C=O) groups is 1. The monoisotopic (exact) mass is 238 g/mol. The van der Waals surface area contributed by atoms with Crippen molar-refractivity contribution in [3.63, 3.8) is 0 Å². The van der Waals surface area contributed by atoms with Crippen LogP contribution in [0.4, 0.5) is 0 Å². The molecule has 0 aliphatic rings. The quantitative estimate of drug-likeness (QED) is 0.700. The van der Waals surface area contributed by atoms with Crippen LogP contribution in [0.2, 0.25) is 0 Å². The minimum Gasteiger partial charge on any atom is -0.298 e. The van der Waals surface area contributed by atoms with E-state index in [1.165, 1.54) is 0 Å². The maximum Gasteiger partial charge on any atom is 0.150 e. The van der Waals surface area contributed by atoms with Crippen molar-refractivity contribution >= 4 is 6.29 Å². The lowest BCUT2D eigenvalue weighted by Gasteiger charge is -2.10. The van der Waals surface area contributed by atoms with E-state index >= 15 is 0 Å². The number of aldehydes is 1. The van der Waals surface area contributed by atoms with E-state index in [2.05, 4.69) is 13.0 Å². The third kappa shape index (κ3) is 2.67. The van der Waals surface area contributed by atoms with Crippen molar-refractivity contribution in [2.45, 2.75) is 26.2 Å². The first-order valence-electron chi connectivity index (χ1n) is 6.49. The predicted molar refractivity (Wildman–Crippen MR) is 75.9 cm³/mol. The summed E-state index contributed by atoms with van der Waals surface area (Å²) in [5.41, 5.74) is 4.16. The predicted octanol–water partition coefficient (Wildman–Crippen LogP) is 4.51. The van der Waals surface area contributed by atoms with Crippen LogP contribution in [0.3, 0.4) is 0 Å². The molecule has 2 aromatic rings. The smallest absolute Gasteiger partial charge is 0.150 e. The number of aryl methyl sites for hydroxylation is 1. The highest BCUT2D eigenvalue weighted by Crippen LogP contribution is 2.25. The molecule has 2 aromatic carbocycles. The Balaban J connectivity index is 2.45. The van der Waals surface area contributed by atoms with Gasteiger partial charge in [-0.1, -0.05) is 61.9 Å². The van der Waals surface area contributed by atoms with Gasteiger partial charge in [-0.3, -0.25) is 4.79 Å². The molecule has 0 aliphatic carbocycles. The summed E-state index contributed by atoms with van der Waals surface area (Å²) in [7, 11) is 0. The zero-order valence-electron chi connectivity index (χ0n) is 10.7. The Morgan fingerprint density at radius 3 is 2.44 bits per heavy atom. The molecule has 0 saturated heterocycles. The van der Waals surface area contributed by atoms with Gasteiger partial charge in [-0.2, -0.15) is 0 Å². The van der Waals surface area contributed by atoms with Gasteiger partial charge in [0, 0.05) is 5.56 Å². The first kappa shape index (κ1) is 12.6. The van der Waals surface area contributed by atoms with Crippen LogP contribution in [0, 0.1) is 0 Å². The lowest BCUT2D eigenvalue weighted by atomic mass is 9.94. The molecule has 0 heterocycles. The summed E-state index contributed by atoms with van der Waals surface area (Å²) in [6.07, 6.45) is 4.24. The topological polar surface area (TPSA) is 17.1 Å². The number of carbonyl (C=O) groups excluding carboxylic acids is 1. The van der Waals surface area contributed by atoms with Gasteiger partial charge in [0.15, 0.2) is 6.29 Å². The molecule has 0 N–H and O–H groups in total. The van der Waals surface area contributed by atoms with Gasteiger partial charge in [0.05, 0.1) is 0 Å². The average molecular weight is 238 g/mol. The lowest BCUT2D eigenvalue weighted by molar-refractivity contribution is 0.112. The van der Waals surface area contributed by atoms with E-state index in [1.54, 1.807) is 0 Å². The summed E-state index contributed by atoms with van der Waals surface area (Å²) in [4.78, 5) is 11.4. The van der Waals surface area contributed by atoms with Crippen LogP contribution in [0.15, 0.2) is 48.5 Å². The van der Waals surface area contributed by atoms with Crippen LogP contribution < -0.4 is 0 Å². The Hall–Kier alpha value is -1.89. The normalized spacial score (nSPS) is 10.3. The van der Waals surface area contributed by atoms with E-state index < -0.39 is 0 Å². The van der Waals surface area contributed by atoms with Crippen molar-refractivity contribution in [1.29, 1.82) is 0 Å². The van der Waals surface area contributed by atoms with Crippen LogP contribution >= 0.6 is 0 Å². The first-order valence-corrected chi connectivity index (χ1v) is 6.49. The zero-order valence-corrected chi connectivity index (χ0v) is 10.7. The Kier molecular flexibility index (Phi) is 4.30. The van der Waals surface area contributed by atoms with E-state index in [9.17, 15) is 4.79 Å². The number of rotatable bonds is 5. The van der Waals surface area contributed by atoms with Crippen LogP contribution in [0.1, 0.15) is 35.7 Å². The van der Waals surface area contributed by atoms with E-state index in [0.29, 0.717) is 0 Å². The molecule has 0 atom stereocenters. The summed E-state index contributed by atoms with van der Waals surface area (Å²) >= 11 is 0. The summed E-state index contributed by atoms with van der Waals surface area (Å²) < 4.78 is 0. The van der Waals surface area contributed by atoms with Gasteiger partial charge in [0.25, 0.3) is 0 Å². The molecule has 0 spiro atoms. The number of hydrogen-bond acceptors (Lipinski definition) is 1. The molecule has 1 heteroatoms. The summed E-state index contributed by atoms with van der Waals surface area (Å²) in [6.45, 7) is 2.17. The molecule has 0 aliphatic heterocycles. The second kappa shape index (κ2) is 6.15. The summed E-state index contributed by atoms with van der Waals surface area (Å²) in [5.74, 6) is 0. The van der Waals surface area contributed by atoms with Crippen LogP contribution in [0.25, 0.3) is 11.1 Å². The number of unbranched alkanes of at least 4 members (excludes halogenated alkanes) is 1. The highest BCUT2D eigenvalue weighted by atomic mass is 16.1. The van der Waals surface area contributed by atoms with Gasteiger partial charge in [0.1, 0.15) is 0 Å². The standard InChI is InChI=1S/C17H18O/c1-2-3-8-15-11-7-12-16(17(15)13-18)14-9-5-4-6-10-14/h4-7,9-13H,2-3,8H2,1H3. The van der Waals surface area contributed by atoms with Crippen molar-refractivity contribution in [3.05, 3.63) is 59.7 Å². The largest absolute Gasteiger partial charge is 0.298 e. The Morgan fingerprint density at radius 2 is 1.78 bits per heavy atom. The molecule has 0 unspecified atom stereocenters. The highest BCUT2D eigenvalue weighted by molar-refractivity contribution is 5.89. The maximum absolute atomic E-state index is 11.4. The second-order valence-electron chi connectivity index (χ2n) is 4.47. The lowest BCUT2D eigenvalue weighted by Crippen LogP contribution is -1.96. The van der Waals surface area contributed by atoms with E-state index in [1.807, 2.05) is 42.5 Å². The molecule has 0 aromatic heterocycles. The van der Waals surface area contributed by atoms with Gasteiger partial charge < -0.3 is 0 Å². The molecular formula is C17H18O. The van der Waals surface area contributed by atoms with Crippen molar-refractivity contribution in [1.82, 2.24) is 0 Å². The Morgan fingerprint density at radius 1 is 1.00 bits per heavy atom. The van der Waals surface area contributed by atoms with E-state index in [0.717, 1.165) is 47.8 Å². The summed E-state index contributed by atoms with van der Waals surface area (Å²) in [5, 5.41) is 0. The fourth-order valence-electron chi connectivity index (χ4n) is 2.21. The molecular weight excluding hydrogens is 220 g/mol. The second-order valence-corrected chi connectivity index (χ2v) is 4.47. The van der Waals surface area contributed by atoms with Crippen LogP contribution in [0.5, 0.6) is 0 Å². The molecule has 0 radical (unpaired) electrons. The molecule has 1 nitrogen and oxygen atoms in total. The molecule has 0 bridgehead atoms. The SMILES string of the molecule is CCCCc1cccc(-c2ccccc2)c1C=O. The molecule has 18 heavy (non-hydrogen) atoms. The number of hydrogen-bond donors (Lipinski definition) is 0. The molecule has 0 amide bonds. The molecule has 0 saturated carbocycles. The Bertz CT molecular complexity index is 514. The average Bonchev–Trinajstić information content (AvgIpc) is 2.45. The fourth-order valence-corrected chi connectivity index (χ4v) is 2.21. The van der Waals surface area contributed by atoms with Crippen molar-refractivity contribution in [3.8, 4) is 11.1 Å². The van der Waals surface area contributed by atoms with Gasteiger partial charge in [-0.05, 0) is 29.5 Å². The van der Waals surface area contributed by atoms with Gasteiger partial charge in [-0.15, -0.1) is 0 Å². The van der Waals surface area contributed by atoms with Crippen molar-refractivity contribution < 1.29 is 4.79 Å². The van der Waals surface area contributed by atoms with Crippen molar-refractivity contribution in [2.75, 3.05) is 0 Å². The third-order valence-corrected chi connectivity index (χ3v) is 3.20. The first-order chi connectivity index (χ1) is 8.86. The molecule has 2 rings (SSSR count). The van der Waals surface area contributed by atoms with Crippen molar-refractivity contribution in [2.24, 2.45) is 0 Å². The molecule has 92 valence electrons. The molecule has 0 fully saturated rings. The van der Waals surface area contributed by atoms with Gasteiger partial charge in [-0.25, -0.2) is 0 Å². The van der Waals surface area contributed by atoms with Crippen LogP contribution in [-0.4, -0.2) is 6.29 Å². The fraction of sp³-hybridized carbons (Fsp3) is 0.235. The summed E-state index contributed by atoms with van der Waals surface area (Å²) in [6, 6.07) is 16.2. The van der Waals surface area contributed by atoms with Crippen LogP contribution in [-0.2, 0) is 6.42 Å². The van der Waals surface area contributed by atoms with Gasteiger partial charge in [0.2, 0.25) is 0 Å². The highest BCUT2D eigenvalue weighted by Gasteiger charge is 2.08. The minimum atomic E-state index is 0.845. The van der Waals surface area contributed by atoms with E-state index in [4.69, 9.17) is 0 Å². The third-order valence-electron chi connectivity index (χ3n) is 3.20. The van der Waals surface area contributed by atoms with Gasteiger partial charge >= 0.3 is 0 Å². The minimum absolute atomic E-state index is 0.845. The zero-order chi connectivity index (χ0) is 12.8.